The van der Waals surface area contributed by atoms with Gasteiger partial charge in [-0.3, -0.25) is 14.3 Å². The number of fused-ring (bicyclic) bond motifs is 1. The van der Waals surface area contributed by atoms with Crippen LogP contribution in [-0.4, -0.2) is 47.5 Å². The van der Waals surface area contributed by atoms with Crippen LogP contribution in [0.1, 0.15) is 46.4 Å². The van der Waals surface area contributed by atoms with Gasteiger partial charge in [0.1, 0.15) is 11.6 Å². The van der Waals surface area contributed by atoms with Gasteiger partial charge >= 0.3 is 6.09 Å². The van der Waals surface area contributed by atoms with Gasteiger partial charge in [-0.1, -0.05) is 0 Å². The van der Waals surface area contributed by atoms with Crippen LogP contribution in [0.25, 0.3) is 5.52 Å². The molecule has 0 spiro atoms. The minimum Gasteiger partial charge on any atom is -0.446 e. The summed E-state index contributed by atoms with van der Waals surface area (Å²) in [4.78, 5) is 26.9. The second-order valence-electron chi connectivity index (χ2n) is 8.44. The molecule has 1 N–H and O–H groups in total. The third-order valence-corrected chi connectivity index (χ3v) is 5.27. The molecule has 9 heteroatoms. The Balaban J connectivity index is 1.87. The van der Waals surface area contributed by atoms with Crippen LogP contribution in [0.5, 0.6) is 0 Å². The van der Waals surface area contributed by atoms with Gasteiger partial charge in [0.2, 0.25) is 0 Å². The van der Waals surface area contributed by atoms with Gasteiger partial charge in [0.25, 0.3) is 5.56 Å². The van der Waals surface area contributed by atoms with Crippen LogP contribution in [0.15, 0.2) is 21.5 Å². The average Bonchev–Trinajstić information content (AvgIpc) is 2.86. The molecule has 0 saturated heterocycles. The lowest BCUT2D eigenvalue weighted by molar-refractivity contribution is -0.111. The Kier molecular flexibility index (Phi) is 4.88. The number of aromatic nitrogens is 3. The predicted octanol–water partition coefficient (Wildman–Crippen LogP) is 2.45. The van der Waals surface area contributed by atoms with Crippen LogP contribution in [0.2, 0.25) is 0 Å². The highest BCUT2D eigenvalue weighted by molar-refractivity contribution is 9.10. The molecule has 1 aliphatic carbocycles. The van der Waals surface area contributed by atoms with Gasteiger partial charge in [0.15, 0.2) is 5.82 Å². The van der Waals surface area contributed by atoms with Crippen LogP contribution >= 0.6 is 15.9 Å². The molecule has 8 nitrogen and oxygen atoms in total. The van der Waals surface area contributed by atoms with E-state index in [4.69, 9.17) is 4.74 Å². The molecule has 148 valence electrons. The molecule has 0 aliphatic heterocycles. The molecule has 0 radical (unpaired) electrons. The molecule has 2 aromatic rings. The Morgan fingerprint density at radius 2 is 2.11 bits per heavy atom. The van der Waals surface area contributed by atoms with Crippen molar-refractivity contribution in [2.75, 3.05) is 0 Å². The molecule has 1 amide bonds. The van der Waals surface area contributed by atoms with E-state index in [0.717, 1.165) is 4.47 Å². The molecule has 0 unspecified atom stereocenters. The van der Waals surface area contributed by atoms with E-state index >= 15 is 0 Å². The fourth-order valence-corrected chi connectivity index (χ4v) is 3.62. The van der Waals surface area contributed by atoms with Gasteiger partial charge in [0.05, 0.1) is 12.1 Å². The number of hydrogen-bond acceptors (Lipinski definition) is 5. The van der Waals surface area contributed by atoms with E-state index in [0.29, 0.717) is 24.2 Å². The zero-order valence-corrected chi connectivity index (χ0v) is 17.8. The molecule has 1 aliphatic rings. The average molecular weight is 441 g/mol. The maximum atomic E-state index is 12.8. The lowest BCUT2D eigenvalue weighted by atomic mass is 9.79. The Hall–Kier alpha value is -1.87. The number of halogens is 1. The number of carbonyl (C=O) groups is 1. The fourth-order valence-electron chi connectivity index (χ4n) is 3.21. The summed E-state index contributed by atoms with van der Waals surface area (Å²) in [5.74, 6) is 0.447. The van der Waals surface area contributed by atoms with Crippen LogP contribution < -0.4 is 5.56 Å². The van der Waals surface area contributed by atoms with Crippen LogP contribution in [0.4, 0.5) is 4.79 Å². The third kappa shape index (κ3) is 4.03. The Morgan fingerprint density at radius 1 is 1.48 bits per heavy atom. The maximum Gasteiger partial charge on any atom is 0.410 e. The summed E-state index contributed by atoms with van der Waals surface area (Å²) in [5.41, 5.74) is -1.04. The molecule has 2 aromatic heterocycles. The number of ether oxygens (including phenoxy) is 1. The van der Waals surface area contributed by atoms with Gasteiger partial charge in [-0.25, -0.2) is 9.31 Å². The largest absolute Gasteiger partial charge is 0.446 e. The monoisotopic (exact) mass is 440 g/mol. The normalized spacial score (nSPS) is 22.6. The minimum atomic E-state index is -0.768. The van der Waals surface area contributed by atoms with Crippen LogP contribution in [0, 0.1) is 0 Å². The van der Waals surface area contributed by atoms with E-state index in [1.165, 1.54) is 9.08 Å². The van der Waals surface area contributed by atoms with Crippen molar-refractivity contribution >= 4 is 27.5 Å². The highest BCUT2D eigenvalue weighted by Gasteiger charge is 2.42. The van der Waals surface area contributed by atoms with Gasteiger partial charge in [-0.05, 0) is 49.7 Å². The maximum absolute atomic E-state index is 12.8. The number of hydrogen-bond donors (Lipinski definition) is 1. The van der Waals surface area contributed by atoms with Crippen LogP contribution in [0.3, 0.4) is 0 Å². The van der Waals surface area contributed by atoms with Crippen molar-refractivity contribution in [3.8, 4) is 0 Å². The first kappa shape index (κ1) is 19.9. The lowest BCUT2D eigenvalue weighted by Crippen LogP contribution is -2.51. The lowest BCUT2D eigenvalue weighted by Gasteiger charge is -2.42. The molecule has 0 aromatic carbocycles. The Labute approximate surface area is 165 Å². The second-order valence-corrected chi connectivity index (χ2v) is 9.35. The predicted molar refractivity (Wildman–Crippen MR) is 104 cm³/mol. The Morgan fingerprint density at radius 3 is 2.67 bits per heavy atom. The summed E-state index contributed by atoms with van der Waals surface area (Å²) >= 11 is 3.35. The first-order chi connectivity index (χ1) is 12.4. The zero-order valence-electron chi connectivity index (χ0n) is 16.2. The summed E-state index contributed by atoms with van der Waals surface area (Å²) in [7, 11) is 1.64. The molecule has 0 bridgehead atoms. The van der Waals surface area contributed by atoms with Crippen LogP contribution in [-0.2, 0) is 18.3 Å². The van der Waals surface area contributed by atoms with Gasteiger partial charge < -0.3 is 9.84 Å². The first-order valence-electron chi connectivity index (χ1n) is 8.82. The number of carbonyl (C=O) groups excluding carboxylic acids is 1. The number of amides is 1. The van der Waals surface area contributed by atoms with Crippen molar-refractivity contribution in [1.29, 1.82) is 0 Å². The topological polar surface area (TPSA) is 89.1 Å². The summed E-state index contributed by atoms with van der Waals surface area (Å²) in [6.07, 6.45) is 1.78. The highest BCUT2D eigenvalue weighted by Crippen LogP contribution is 2.34. The third-order valence-electron chi connectivity index (χ3n) is 4.83. The molecule has 1 fully saturated rings. The van der Waals surface area contributed by atoms with E-state index in [9.17, 15) is 14.7 Å². The van der Waals surface area contributed by atoms with E-state index in [2.05, 4.69) is 21.0 Å². The standard InChI is InChI=1S/C18H25BrN4O4/c1-17(2,3)22(16(25)27-12-7-18(4,26)8-12)10-14-20-23-9-11(19)6-13(23)15(24)21(14)5/h6,9,12,26H,7-8,10H2,1-5H3. The molecule has 3 rings (SSSR count). The molecule has 1 saturated carbocycles. The zero-order chi connectivity index (χ0) is 20.1. The van der Waals surface area contributed by atoms with E-state index in [1.807, 2.05) is 20.8 Å². The summed E-state index contributed by atoms with van der Waals surface area (Å²) in [6.45, 7) is 7.54. The molecular formula is C18H25BrN4O4. The van der Waals surface area contributed by atoms with Crippen molar-refractivity contribution in [2.45, 2.75) is 64.3 Å². The minimum absolute atomic E-state index is 0.128. The summed E-state index contributed by atoms with van der Waals surface area (Å²) in [6, 6.07) is 1.71. The molecule has 2 heterocycles. The summed E-state index contributed by atoms with van der Waals surface area (Å²) in [5, 5.41) is 14.3. The quantitative estimate of drug-likeness (QED) is 0.791. The molecule has 27 heavy (non-hydrogen) atoms. The van der Waals surface area contributed by atoms with E-state index in [-0.39, 0.29) is 18.2 Å². The molecule has 0 atom stereocenters. The van der Waals surface area contributed by atoms with Gasteiger partial charge in [-0.15, -0.1) is 0 Å². The van der Waals surface area contributed by atoms with E-state index in [1.54, 1.807) is 31.1 Å². The smallest absolute Gasteiger partial charge is 0.410 e. The fraction of sp³-hybridized carbons (Fsp3) is 0.611. The van der Waals surface area contributed by atoms with Crippen molar-refractivity contribution in [1.82, 2.24) is 19.1 Å². The SMILES string of the molecule is Cn1c(CN(C(=O)OC2CC(C)(O)C2)C(C)(C)C)nn2cc(Br)cc2c1=O. The second kappa shape index (κ2) is 6.63. The van der Waals surface area contributed by atoms with E-state index < -0.39 is 17.2 Å². The van der Waals surface area contributed by atoms with Gasteiger partial charge in [-0.2, -0.15) is 5.10 Å². The molecular weight excluding hydrogens is 416 g/mol. The van der Waals surface area contributed by atoms with Gasteiger partial charge in [0, 0.05) is 36.1 Å². The van der Waals surface area contributed by atoms with Crippen molar-refractivity contribution < 1.29 is 14.6 Å². The highest BCUT2D eigenvalue weighted by atomic mass is 79.9. The number of rotatable bonds is 3. The first-order valence-corrected chi connectivity index (χ1v) is 9.61. The van der Waals surface area contributed by atoms with Crippen molar-refractivity contribution in [3.63, 3.8) is 0 Å². The van der Waals surface area contributed by atoms with Crippen molar-refractivity contribution in [3.05, 3.63) is 32.9 Å². The Bertz CT molecular complexity index is 933. The summed E-state index contributed by atoms with van der Waals surface area (Å²) < 4.78 is 9.26. The number of aliphatic hydroxyl groups is 1. The number of nitrogens with zero attached hydrogens (tertiary/aromatic N) is 4. The van der Waals surface area contributed by atoms with Crippen molar-refractivity contribution in [2.24, 2.45) is 7.05 Å².